The van der Waals surface area contributed by atoms with Crippen LogP contribution in [-0.4, -0.2) is 10.1 Å². The first kappa shape index (κ1) is 10.8. The predicted molar refractivity (Wildman–Crippen MR) is 63.2 cm³/mol. The van der Waals surface area contributed by atoms with Gasteiger partial charge in [0.25, 0.3) is 0 Å². The summed E-state index contributed by atoms with van der Waals surface area (Å²) in [7, 11) is 0. The summed E-state index contributed by atoms with van der Waals surface area (Å²) in [6, 6.07) is 7.36. The molecule has 4 heteroatoms. The molecule has 0 aromatic carbocycles. The molecule has 2 nitrogen and oxygen atoms in total. The highest BCUT2D eigenvalue weighted by Gasteiger charge is 2.10. The molecule has 1 atom stereocenters. The van der Waals surface area contributed by atoms with Crippen LogP contribution in [0.15, 0.2) is 48.2 Å². The van der Waals surface area contributed by atoms with Crippen molar-refractivity contribution in [1.29, 1.82) is 0 Å². The van der Waals surface area contributed by atoms with Gasteiger partial charge in [0.1, 0.15) is 6.17 Å². The van der Waals surface area contributed by atoms with Crippen molar-refractivity contribution < 1.29 is 9.50 Å². The molecule has 0 aliphatic rings. The molecule has 82 valence electrons. The Labute approximate surface area is 96.7 Å². The van der Waals surface area contributed by atoms with E-state index < -0.39 is 6.17 Å². The Morgan fingerprint density at radius 2 is 2.31 bits per heavy atom. The number of aromatic nitrogens is 1. The van der Waals surface area contributed by atoms with E-state index in [1.54, 1.807) is 17.6 Å². The number of hydrogen-bond donors (Lipinski definition) is 1. The molecular formula is C12H10FNOS. The van der Waals surface area contributed by atoms with Gasteiger partial charge in [-0.05, 0) is 29.7 Å². The first-order chi connectivity index (χ1) is 7.81. The lowest BCUT2D eigenvalue weighted by Crippen LogP contribution is -1.83. The molecule has 0 saturated heterocycles. The lowest BCUT2D eigenvalue weighted by Gasteiger charge is -1.97. The lowest BCUT2D eigenvalue weighted by atomic mass is 10.2. The highest BCUT2D eigenvalue weighted by molar-refractivity contribution is 7.13. The Kier molecular flexibility index (Phi) is 3.31. The maximum absolute atomic E-state index is 13.4. The Hall–Kier alpha value is -1.68. The molecule has 0 bridgehead atoms. The van der Waals surface area contributed by atoms with Gasteiger partial charge in [0.15, 0.2) is 0 Å². The summed E-state index contributed by atoms with van der Waals surface area (Å²) in [5.41, 5.74) is 1.37. The minimum atomic E-state index is -1.27. The number of thiophene rings is 1. The third-order valence-electron chi connectivity index (χ3n) is 2.11. The normalized spacial score (nSPS) is 13.1. The molecular weight excluding hydrogens is 225 g/mol. The minimum Gasteiger partial charge on any atom is -0.516 e. The standard InChI is InChI=1S/C12H10FNOS/c13-10(4-6-15)9-7-12(16-8-9)11-3-1-2-5-14-11/h1-8,10,15H/b6-4-. The van der Waals surface area contributed by atoms with E-state index in [9.17, 15) is 4.39 Å². The molecule has 0 spiro atoms. The summed E-state index contributed by atoms with van der Waals surface area (Å²) < 4.78 is 13.4. The molecule has 0 aliphatic heterocycles. The van der Waals surface area contributed by atoms with Gasteiger partial charge >= 0.3 is 0 Å². The van der Waals surface area contributed by atoms with Crippen LogP contribution >= 0.6 is 11.3 Å². The van der Waals surface area contributed by atoms with Gasteiger partial charge in [-0.15, -0.1) is 11.3 Å². The van der Waals surface area contributed by atoms with Gasteiger partial charge in [-0.3, -0.25) is 4.98 Å². The summed E-state index contributed by atoms with van der Waals surface area (Å²) in [6.07, 6.45) is 2.26. The largest absolute Gasteiger partial charge is 0.516 e. The highest BCUT2D eigenvalue weighted by Crippen LogP contribution is 2.30. The van der Waals surface area contributed by atoms with Crippen molar-refractivity contribution >= 4 is 11.3 Å². The maximum Gasteiger partial charge on any atom is 0.147 e. The van der Waals surface area contributed by atoms with E-state index in [2.05, 4.69) is 4.98 Å². The Morgan fingerprint density at radius 3 is 3.00 bits per heavy atom. The van der Waals surface area contributed by atoms with Crippen LogP contribution in [0.3, 0.4) is 0 Å². The molecule has 1 N–H and O–H groups in total. The van der Waals surface area contributed by atoms with Gasteiger partial charge in [0.05, 0.1) is 16.8 Å². The van der Waals surface area contributed by atoms with E-state index >= 15 is 0 Å². The van der Waals surface area contributed by atoms with Gasteiger partial charge < -0.3 is 5.11 Å². The van der Waals surface area contributed by atoms with Crippen LogP contribution in [0.2, 0.25) is 0 Å². The van der Waals surface area contributed by atoms with Crippen molar-refractivity contribution in [3.63, 3.8) is 0 Å². The number of rotatable bonds is 3. The summed E-state index contributed by atoms with van der Waals surface area (Å²) in [6.45, 7) is 0. The average Bonchev–Trinajstić information content (AvgIpc) is 2.80. The predicted octanol–water partition coefficient (Wildman–Crippen LogP) is 3.89. The zero-order valence-electron chi connectivity index (χ0n) is 8.38. The number of halogens is 1. The third-order valence-corrected chi connectivity index (χ3v) is 3.08. The van der Waals surface area contributed by atoms with Crippen molar-refractivity contribution in [3.05, 3.63) is 53.7 Å². The highest BCUT2D eigenvalue weighted by atomic mass is 32.1. The van der Waals surface area contributed by atoms with Crippen LogP contribution in [-0.2, 0) is 0 Å². The summed E-state index contributed by atoms with van der Waals surface area (Å²) >= 11 is 1.44. The van der Waals surface area contributed by atoms with E-state index in [0.29, 0.717) is 5.56 Å². The van der Waals surface area contributed by atoms with Crippen molar-refractivity contribution in [2.45, 2.75) is 6.17 Å². The Bertz CT molecular complexity index is 481. The molecule has 0 radical (unpaired) electrons. The van der Waals surface area contributed by atoms with Crippen molar-refractivity contribution in [1.82, 2.24) is 4.98 Å². The zero-order valence-corrected chi connectivity index (χ0v) is 9.19. The maximum atomic E-state index is 13.4. The molecule has 0 aliphatic carbocycles. The van der Waals surface area contributed by atoms with Gasteiger partial charge in [-0.1, -0.05) is 6.07 Å². The second-order valence-electron chi connectivity index (χ2n) is 3.20. The number of aliphatic hydroxyl groups excluding tert-OH is 1. The van der Waals surface area contributed by atoms with Gasteiger partial charge in [-0.2, -0.15) is 0 Å². The molecule has 0 fully saturated rings. The van der Waals surface area contributed by atoms with Gasteiger partial charge in [0.2, 0.25) is 0 Å². The average molecular weight is 235 g/mol. The molecule has 16 heavy (non-hydrogen) atoms. The van der Waals surface area contributed by atoms with E-state index in [4.69, 9.17) is 5.11 Å². The van der Waals surface area contributed by atoms with E-state index in [1.807, 2.05) is 18.2 Å². The Balaban J connectivity index is 2.26. The van der Waals surface area contributed by atoms with Crippen molar-refractivity contribution in [2.75, 3.05) is 0 Å². The number of alkyl halides is 1. The number of pyridine rings is 1. The summed E-state index contributed by atoms with van der Waals surface area (Å²) in [5, 5.41) is 10.2. The smallest absolute Gasteiger partial charge is 0.147 e. The lowest BCUT2D eigenvalue weighted by molar-refractivity contribution is 0.397. The quantitative estimate of drug-likeness (QED) is 0.818. The molecule has 0 saturated carbocycles. The zero-order chi connectivity index (χ0) is 11.4. The Morgan fingerprint density at radius 1 is 1.44 bits per heavy atom. The monoisotopic (exact) mass is 235 g/mol. The van der Waals surface area contributed by atoms with Crippen molar-refractivity contribution in [3.8, 4) is 10.6 Å². The molecule has 2 aromatic heterocycles. The minimum absolute atomic E-state index is 0.538. The van der Waals surface area contributed by atoms with E-state index in [0.717, 1.165) is 22.9 Å². The number of aliphatic hydroxyl groups is 1. The van der Waals surface area contributed by atoms with Crippen LogP contribution < -0.4 is 0 Å². The number of hydrogen-bond acceptors (Lipinski definition) is 3. The van der Waals surface area contributed by atoms with Crippen LogP contribution in [0.1, 0.15) is 11.7 Å². The first-order valence-corrected chi connectivity index (χ1v) is 5.64. The summed E-state index contributed by atoms with van der Waals surface area (Å²) in [5.74, 6) is 0. The van der Waals surface area contributed by atoms with Crippen LogP contribution in [0.4, 0.5) is 4.39 Å². The molecule has 1 unspecified atom stereocenters. The first-order valence-electron chi connectivity index (χ1n) is 4.76. The van der Waals surface area contributed by atoms with Crippen LogP contribution in [0, 0.1) is 0 Å². The van der Waals surface area contributed by atoms with Gasteiger partial charge in [-0.25, -0.2) is 4.39 Å². The van der Waals surface area contributed by atoms with E-state index in [1.165, 1.54) is 11.3 Å². The van der Waals surface area contributed by atoms with E-state index in [-0.39, 0.29) is 0 Å². The fourth-order valence-corrected chi connectivity index (χ4v) is 2.23. The van der Waals surface area contributed by atoms with Crippen molar-refractivity contribution in [2.24, 2.45) is 0 Å². The molecule has 0 amide bonds. The second-order valence-corrected chi connectivity index (χ2v) is 4.11. The number of nitrogens with zero attached hydrogens (tertiary/aromatic N) is 1. The molecule has 2 aromatic rings. The second kappa shape index (κ2) is 4.90. The van der Waals surface area contributed by atoms with Crippen LogP contribution in [0.25, 0.3) is 10.6 Å². The molecule has 2 heterocycles. The molecule has 2 rings (SSSR count). The topological polar surface area (TPSA) is 33.1 Å². The van der Waals surface area contributed by atoms with Crippen LogP contribution in [0.5, 0.6) is 0 Å². The van der Waals surface area contributed by atoms with Gasteiger partial charge in [0, 0.05) is 11.8 Å². The summed E-state index contributed by atoms with van der Waals surface area (Å²) in [4.78, 5) is 5.11. The fourth-order valence-electron chi connectivity index (χ4n) is 1.33. The number of allylic oxidation sites excluding steroid dienone is 1. The fraction of sp³-hybridized carbons (Fsp3) is 0.0833. The third kappa shape index (κ3) is 2.28. The SMILES string of the molecule is O/C=C\C(F)c1csc(-c2ccccn2)c1.